The van der Waals surface area contributed by atoms with Crippen LogP contribution < -0.4 is 5.56 Å². The van der Waals surface area contributed by atoms with Crippen LogP contribution in [0.1, 0.15) is 43.6 Å². The van der Waals surface area contributed by atoms with Gasteiger partial charge in [0.1, 0.15) is 5.03 Å². The van der Waals surface area contributed by atoms with Crippen molar-refractivity contribution >= 4 is 23.3 Å². The summed E-state index contributed by atoms with van der Waals surface area (Å²) in [5, 5.41) is 13.8. The van der Waals surface area contributed by atoms with E-state index in [1.165, 1.54) is 11.8 Å². The van der Waals surface area contributed by atoms with Gasteiger partial charge in [-0.15, -0.1) is 10.2 Å². The van der Waals surface area contributed by atoms with Gasteiger partial charge in [-0.3, -0.25) is 9.59 Å². The Balaban J connectivity index is 1.28. The van der Waals surface area contributed by atoms with Crippen molar-refractivity contribution in [2.24, 2.45) is 5.92 Å². The molecule has 156 valence electrons. The zero-order valence-corrected chi connectivity index (χ0v) is 17.9. The number of piperidine rings is 1. The van der Waals surface area contributed by atoms with Crippen molar-refractivity contribution in [1.82, 2.24) is 29.3 Å². The molecule has 5 rings (SSSR count). The Morgan fingerprint density at radius 3 is 2.87 bits per heavy atom. The fraction of sp³-hybridized carbons (Fsp3) is 0.476. The van der Waals surface area contributed by atoms with Crippen molar-refractivity contribution in [3.63, 3.8) is 0 Å². The fourth-order valence-corrected chi connectivity index (χ4v) is 5.31. The van der Waals surface area contributed by atoms with Crippen LogP contribution in [-0.2, 0) is 11.3 Å². The molecule has 2 aliphatic rings. The van der Waals surface area contributed by atoms with Crippen molar-refractivity contribution in [3.8, 4) is 0 Å². The van der Waals surface area contributed by atoms with Crippen LogP contribution in [0.5, 0.6) is 0 Å². The number of hydrogen-bond donors (Lipinski definition) is 0. The van der Waals surface area contributed by atoms with Crippen LogP contribution in [0.15, 0.2) is 40.2 Å². The van der Waals surface area contributed by atoms with Crippen LogP contribution in [0.25, 0.3) is 5.65 Å². The topological polar surface area (TPSA) is 85.4 Å². The summed E-state index contributed by atoms with van der Waals surface area (Å²) >= 11 is 1.44. The van der Waals surface area contributed by atoms with Crippen molar-refractivity contribution in [2.75, 3.05) is 18.8 Å². The summed E-state index contributed by atoms with van der Waals surface area (Å²) in [5.74, 6) is 2.08. The molecule has 2 bridgehead atoms. The maximum absolute atomic E-state index is 12.9. The average molecular weight is 425 g/mol. The third-order valence-corrected chi connectivity index (χ3v) is 6.86. The number of fused-ring (bicyclic) bond motifs is 5. The highest BCUT2D eigenvalue weighted by Gasteiger charge is 2.36. The summed E-state index contributed by atoms with van der Waals surface area (Å²) in [7, 11) is 0. The van der Waals surface area contributed by atoms with Crippen LogP contribution in [0.2, 0.25) is 0 Å². The quantitative estimate of drug-likeness (QED) is 0.597. The molecule has 2 aliphatic heterocycles. The minimum absolute atomic E-state index is 0.0637. The molecule has 1 fully saturated rings. The lowest BCUT2D eigenvalue weighted by Gasteiger charge is -2.42. The number of hydrogen-bond acceptors (Lipinski definition) is 6. The van der Waals surface area contributed by atoms with E-state index in [1.807, 2.05) is 33.7 Å². The van der Waals surface area contributed by atoms with Crippen LogP contribution in [0.3, 0.4) is 0 Å². The fourth-order valence-electron chi connectivity index (χ4n) is 4.55. The van der Waals surface area contributed by atoms with E-state index in [9.17, 15) is 9.59 Å². The van der Waals surface area contributed by atoms with Gasteiger partial charge < -0.3 is 9.47 Å². The van der Waals surface area contributed by atoms with Gasteiger partial charge in [0.2, 0.25) is 5.91 Å². The molecular formula is C21H24N6O2S. The summed E-state index contributed by atoms with van der Waals surface area (Å²) in [6.45, 7) is 6.20. The minimum atomic E-state index is 0.0637. The number of nitrogens with zero attached hydrogens (tertiary/aromatic N) is 6. The number of carbonyl (C=O) groups is 1. The third-order valence-electron chi connectivity index (χ3n) is 5.95. The molecule has 1 saturated heterocycles. The van der Waals surface area contributed by atoms with Gasteiger partial charge in [0.25, 0.3) is 5.56 Å². The predicted molar refractivity (Wildman–Crippen MR) is 114 cm³/mol. The molecule has 8 nitrogen and oxygen atoms in total. The first-order valence-corrected chi connectivity index (χ1v) is 11.3. The lowest BCUT2D eigenvalue weighted by molar-refractivity contribution is -0.131. The second kappa shape index (κ2) is 7.54. The van der Waals surface area contributed by atoms with Gasteiger partial charge in [-0.05, 0) is 30.5 Å². The molecule has 1 amide bonds. The van der Waals surface area contributed by atoms with Gasteiger partial charge in [-0.1, -0.05) is 31.7 Å². The van der Waals surface area contributed by atoms with Gasteiger partial charge >= 0.3 is 0 Å². The van der Waals surface area contributed by atoms with Crippen molar-refractivity contribution in [2.45, 2.75) is 43.7 Å². The summed E-state index contributed by atoms with van der Waals surface area (Å²) in [5.41, 5.74) is 1.84. The van der Waals surface area contributed by atoms with Crippen LogP contribution in [0.4, 0.5) is 0 Å². The van der Waals surface area contributed by atoms with Crippen molar-refractivity contribution < 1.29 is 4.79 Å². The number of carbonyl (C=O) groups excluding carboxylic acids is 1. The number of aromatic nitrogens is 5. The zero-order valence-electron chi connectivity index (χ0n) is 17.1. The molecule has 0 radical (unpaired) electrons. The second-order valence-electron chi connectivity index (χ2n) is 8.44. The molecule has 0 saturated carbocycles. The molecule has 0 aliphatic carbocycles. The Morgan fingerprint density at radius 1 is 1.17 bits per heavy atom. The van der Waals surface area contributed by atoms with Crippen LogP contribution in [-0.4, -0.2) is 54.0 Å². The molecule has 3 aromatic heterocycles. The number of pyridine rings is 1. The van der Waals surface area contributed by atoms with E-state index in [0.29, 0.717) is 37.0 Å². The first kappa shape index (κ1) is 19.3. The van der Waals surface area contributed by atoms with E-state index in [4.69, 9.17) is 0 Å². The normalized spacial score (nSPS) is 20.6. The Hall–Kier alpha value is -2.68. The van der Waals surface area contributed by atoms with Crippen molar-refractivity contribution in [1.29, 1.82) is 0 Å². The largest absolute Gasteiger partial charge is 0.341 e. The van der Waals surface area contributed by atoms with Gasteiger partial charge in [0, 0.05) is 43.2 Å². The highest BCUT2D eigenvalue weighted by Crippen LogP contribution is 2.35. The number of rotatable bonds is 4. The van der Waals surface area contributed by atoms with E-state index >= 15 is 0 Å². The zero-order chi connectivity index (χ0) is 20.8. The summed E-state index contributed by atoms with van der Waals surface area (Å²) in [6, 6.07) is 9.24. The van der Waals surface area contributed by atoms with Gasteiger partial charge in [-0.25, -0.2) is 0 Å². The Labute approximate surface area is 178 Å². The number of likely N-dealkylation sites (tertiary alicyclic amines) is 1. The summed E-state index contributed by atoms with van der Waals surface area (Å²) in [4.78, 5) is 27.1. The highest BCUT2D eigenvalue weighted by molar-refractivity contribution is 7.99. The SMILES string of the molecule is CC(C)c1nnc2ccc(SCC(=O)N3C[C@H]4C[C@@H](C3)c3cccc(=O)n3C4)nn12. The molecule has 5 heterocycles. The molecule has 0 aromatic carbocycles. The van der Waals surface area contributed by atoms with Crippen molar-refractivity contribution in [3.05, 3.63) is 52.2 Å². The lowest BCUT2D eigenvalue weighted by Crippen LogP contribution is -2.49. The number of amides is 1. The maximum Gasteiger partial charge on any atom is 0.250 e. The Bertz CT molecular complexity index is 1170. The molecular weight excluding hydrogens is 400 g/mol. The van der Waals surface area contributed by atoms with E-state index in [2.05, 4.69) is 29.1 Å². The molecule has 0 N–H and O–H groups in total. The maximum atomic E-state index is 12.9. The summed E-state index contributed by atoms with van der Waals surface area (Å²) < 4.78 is 3.65. The monoisotopic (exact) mass is 424 g/mol. The Kier molecular flexibility index (Phi) is 4.85. The lowest BCUT2D eigenvalue weighted by atomic mass is 9.83. The smallest absolute Gasteiger partial charge is 0.250 e. The summed E-state index contributed by atoms with van der Waals surface area (Å²) in [6.07, 6.45) is 1.05. The Morgan fingerprint density at radius 2 is 2.03 bits per heavy atom. The van der Waals surface area contributed by atoms with E-state index < -0.39 is 0 Å². The van der Waals surface area contributed by atoms with E-state index in [0.717, 1.165) is 23.0 Å². The van der Waals surface area contributed by atoms with E-state index in [1.54, 1.807) is 10.6 Å². The molecule has 30 heavy (non-hydrogen) atoms. The third kappa shape index (κ3) is 3.40. The van der Waals surface area contributed by atoms with E-state index in [-0.39, 0.29) is 23.3 Å². The standard InChI is InChI=1S/C21H24N6O2S/c1-13(2)21-23-22-17-6-7-18(24-27(17)21)30-12-20(29)25-9-14-8-15(11-25)16-4-3-5-19(28)26(16)10-14/h3-7,13-15H,8-12H2,1-2H3/t14-,15+/m1/s1. The first-order chi connectivity index (χ1) is 14.5. The molecule has 0 spiro atoms. The average Bonchev–Trinajstić information content (AvgIpc) is 3.16. The van der Waals surface area contributed by atoms with Crippen LogP contribution >= 0.6 is 11.8 Å². The molecule has 3 aromatic rings. The second-order valence-corrected chi connectivity index (χ2v) is 9.44. The molecule has 2 atom stereocenters. The highest BCUT2D eigenvalue weighted by atomic mass is 32.2. The first-order valence-electron chi connectivity index (χ1n) is 10.3. The van der Waals surface area contributed by atoms with Gasteiger partial charge in [0.05, 0.1) is 5.75 Å². The molecule has 0 unspecified atom stereocenters. The molecule has 9 heteroatoms. The minimum Gasteiger partial charge on any atom is -0.341 e. The van der Waals surface area contributed by atoms with Gasteiger partial charge in [0.15, 0.2) is 11.5 Å². The van der Waals surface area contributed by atoms with Crippen LogP contribution in [0, 0.1) is 5.92 Å². The predicted octanol–water partition coefficient (Wildman–Crippen LogP) is 2.15. The number of thioether (sulfide) groups is 1. The van der Waals surface area contributed by atoms with Gasteiger partial charge in [-0.2, -0.15) is 9.61 Å².